The monoisotopic (exact) mass is 918 g/mol. The predicted octanol–water partition coefficient (Wildman–Crippen LogP) is 11.2. The maximum absolute atomic E-state index is 13.0. The van der Waals surface area contributed by atoms with Crippen molar-refractivity contribution in [2.75, 3.05) is 0 Å². The summed E-state index contributed by atoms with van der Waals surface area (Å²) in [6, 6.07) is 32.9. The van der Waals surface area contributed by atoms with Crippen LogP contribution >= 0.6 is 64.8 Å². The van der Waals surface area contributed by atoms with Crippen LogP contribution in [0, 0.1) is 17.8 Å². The minimum Gasteiger partial charge on any atom is -0.481 e. The number of rotatable bonds is 6. The van der Waals surface area contributed by atoms with Gasteiger partial charge in [0.1, 0.15) is 0 Å². The van der Waals surface area contributed by atoms with E-state index in [1.165, 1.54) is 54.0 Å². The smallest absolute Gasteiger partial charge is 0.318 e. The molecule has 0 spiro atoms. The summed E-state index contributed by atoms with van der Waals surface area (Å²) in [4.78, 5) is 68.8. The Morgan fingerprint density at radius 1 is 0.525 bits per heavy atom. The number of fused-ring (bicyclic) bond motifs is 1. The number of carbonyl (C=O) groups excluding carboxylic acids is 1. The number of carbonyl (C=O) groups is 5. The summed E-state index contributed by atoms with van der Waals surface area (Å²) >= 11 is 0. The van der Waals surface area contributed by atoms with Gasteiger partial charge in [0.2, 0.25) is 0 Å². The highest BCUT2D eigenvalue weighted by atomic mass is 33.1. The van der Waals surface area contributed by atoms with Crippen LogP contribution in [-0.2, 0) is 25.6 Å². The lowest BCUT2D eigenvalue weighted by atomic mass is 9.54. The number of carboxylic acid groups (broad SMARTS) is 4. The molecule has 0 saturated carbocycles. The Kier molecular flexibility index (Phi) is 10.5. The second-order valence-electron chi connectivity index (χ2n) is 15.3. The van der Waals surface area contributed by atoms with Gasteiger partial charge < -0.3 is 20.4 Å². The van der Waals surface area contributed by atoms with Crippen LogP contribution in [0.4, 0.5) is 0 Å². The van der Waals surface area contributed by atoms with Crippen molar-refractivity contribution in [3.8, 4) is 0 Å². The van der Waals surface area contributed by atoms with Gasteiger partial charge in [0.05, 0.1) is 11.8 Å². The van der Waals surface area contributed by atoms with E-state index in [2.05, 4.69) is 0 Å². The molecule has 9 aliphatic heterocycles. The van der Waals surface area contributed by atoms with E-state index in [9.17, 15) is 44.4 Å². The van der Waals surface area contributed by atoms with Gasteiger partial charge in [-0.2, -0.15) is 0 Å². The molecule has 13 aliphatic rings. The number of hydrogen-bond acceptors (Lipinski definition) is 11. The summed E-state index contributed by atoms with van der Waals surface area (Å²) < 4.78 is 0. The van der Waals surface area contributed by atoms with Crippen LogP contribution in [0.25, 0.3) is 10.8 Å². The van der Waals surface area contributed by atoms with Gasteiger partial charge in [-0.3, -0.25) is 24.0 Å². The van der Waals surface area contributed by atoms with Crippen molar-refractivity contribution in [2.24, 2.45) is 17.8 Å². The van der Waals surface area contributed by atoms with Gasteiger partial charge in [0.15, 0.2) is 12.2 Å². The molecule has 19 rings (SSSR count). The molecule has 0 aromatic heterocycles. The Morgan fingerprint density at radius 3 is 1.62 bits per heavy atom. The molecule has 5 atom stereocenters. The lowest BCUT2D eigenvalue weighted by molar-refractivity contribution is -0.156. The van der Waals surface area contributed by atoms with Crippen LogP contribution in [-0.4, -0.2) is 50.6 Å². The predicted molar refractivity (Wildman–Crippen MR) is 240 cm³/mol. The molecule has 9 heterocycles. The molecule has 5 unspecified atom stereocenters. The average Bonchev–Trinajstić information content (AvgIpc) is 3.25. The van der Waals surface area contributed by atoms with Crippen molar-refractivity contribution in [1.82, 2.24) is 0 Å². The SMILES string of the molecule is O=Cc1cc2cccc3c2cc1SSc1ccc2c(c1)C1c4ccc(cc4C2C(C(=O)O)C1C(=O)O)SSc1ccc2c(c1)C(C(C(=O)O)C(=O)O)c1ccc(cc1C2)SS3. The van der Waals surface area contributed by atoms with Crippen LogP contribution in [0.5, 0.6) is 0 Å². The minimum absolute atomic E-state index is 0.490. The highest BCUT2D eigenvalue weighted by molar-refractivity contribution is 8.77. The molecule has 9 nitrogen and oxygen atoms in total. The number of carboxylic acids is 4. The second-order valence-corrected chi connectivity index (χ2v) is 22.0. The molecular weight excluding hydrogens is 889 g/mol. The molecule has 0 fully saturated rings. The molecule has 0 saturated heterocycles. The summed E-state index contributed by atoms with van der Waals surface area (Å²) in [6.45, 7) is 0. The first kappa shape index (κ1) is 40.3. The third kappa shape index (κ3) is 6.93. The molecule has 16 bridgehead atoms. The molecule has 6 aromatic carbocycles. The Labute approximate surface area is 372 Å². The van der Waals surface area contributed by atoms with Crippen molar-refractivity contribution in [3.05, 3.63) is 153 Å². The van der Waals surface area contributed by atoms with Crippen molar-refractivity contribution >= 4 is 106 Å². The quantitative estimate of drug-likeness (QED) is 0.0707. The Morgan fingerprint density at radius 2 is 1.05 bits per heavy atom. The molecule has 61 heavy (non-hydrogen) atoms. The van der Waals surface area contributed by atoms with Gasteiger partial charge in [0, 0.05) is 52.7 Å². The first-order valence-corrected chi connectivity index (χ1v) is 25.4. The highest BCUT2D eigenvalue weighted by Crippen LogP contribution is 2.60. The molecule has 6 aromatic rings. The van der Waals surface area contributed by atoms with Crippen LogP contribution < -0.4 is 0 Å². The lowest BCUT2D eigenvalue weighted by Gasteiger charge is -2.47. The molecular formula is C46H30O9S6. The Bertz CT molecular complexity index is 2900. The zero-order valence-electron chi connectivity index (χ0n) is 31.3. The zero-order chi connectivity index (χ0) is 42.3. The number of aliphatic carboxylic acids is 4. The zero-order valence-corrected chi connectivity index (χ0v) is 36.2. The number of aldehydes is 1. The molecule has 4 aliphatic carbocycles. The van der Waals surface area contributed by atoms with Gasteiger partial charge in [-0.1, -0.05) is 101 Å². The van der Waals surface area contributed by atoms with Crippen molar-refractivity contribution in [1.29, 1.82) is 0 Å². The maximum Gasteiger partial charge on any atom is 0.318 e. The number of benzene rings is 6. The van der Waals surface area contributed by atoms with E-state index in [4.69, 9.17) is 0 Å². The van der Waals surface area contributed by atoms with Gasteiger partial charge >= 0.3 is 23.9 Å². The van der Waals surface area contributed by atoms with Gasteiger partial charge in [0.25, 0.3) is 0 Å². The topological polar surface area (TPSA) is 166 Å². The maximum atomic E-state index is 13.0. The van der Waals surface area contributed by atoms with E-state index in [1.807, 2.05) is 103 Å². The van der Waals surface area contributed by atoms with Crippen LogP contribution in [0.1, 0.15) is 72.6 Å². The van der Waals surface area contributed by atoms with E-state index >= 15 is 0 Å². The van der Waals surface area contributed by atoms with Crippen molar-refractivity contribution in [3.63, 3.8) is 0 Å². The molecule has 0 amide bonds. The van der Waals surface area contributed by atoms with Crippen LogP contribution in [0.2, 0.25) is 0 Å². The van der Waals surface area contributed by atoms with Gasteiger partial charge in [-0.05, 0) is 128 Å². The largest absolute Gasteiger partial charge is 0.481 e. The second kappa shape index (κ2) is 15.9. The lowest BCUT2D eigenvalue weighted by Crippen LogP contribution is -2.47. The molecule has 4 N–H and O–H groups in total. The molecule has 304 valence electrons. The normalized spacial score (nSPS) is 20.9. The average molecular weight is 919 g/mol. The summed E-state index contributed by atoms with van der Waals surface area (Å²) in [6.07, 6.45) is 1.33. The summed E-state index contributed by atoms with van der Waals surface area (Å²) in [5.74, 6) is -11.7. The van der Waals surface area contributed by atoms with E-state index in [0.29, 0.717) is 23.1 Å². The van der Waals surface area contributed by atoms with E-state index in [1.54, 1.807) is 10.8 Å². The van der Waals surface area contributed by atoms with Crippen LogP contribution in [0.3, 0.4) is 0 Å². The third-order valence-corrected chi connectivity index (χ3v) is 19.3. The third-order valence-electron chi connectivity index (χ3n) is 12.1. The first-order chi connectivity index (χ1) is 29.5. The van der Waals surface area contributed by atoms with Gasteiger partial charge in [-0.15, -0.1) is 0 Å². The Balaban J connectivity index is 1.13. The summed E-state index contributed by atoms with van der Waals surface area (Å²) in [5.41, 5.74) is 6.65. The molecule has 0 radical (unpaired) electrons. The fourth-order valence-electron chi connectivity index (χ4n) is 9.53. The Hall–Kier alpha value is -4.77. The minimum atomic E-state index is -1.73. The van der Waals surface area contributed by atoms with Gasteiger partial charge in [-0.25, -0.2) is 0 Å². The fraction of sp³-hybridized carbons (Fsp3) is 0.152. The molecule has 15 heteroatoms. The van der Waals surface area contributed by atoms with Crippen molar-refractivity contribution in [2.45, 2.75) is 53.5 Å². The summed E-state index contributed by atoms with van der Waals surface area (Å²) in [5, 5.41) is 43.6. The summed E-state index contributed by atoms with van der Waals surface area (Å²) in [7, 11) is 8.83. The standard InChI is InChI=1S/C46H30O9S6/c47-19-23-13-20-2-1-3-35-31(20)18-36(23)61-59-27-8-11-30-34(17-27)39-29-10-7-26(16-33(29)38(30)40(43(48)49)41(39)44(50)51)57-56-25-5-4-21-12-22-14-24(58-60-35)6-9-28(22)37(32(21)15-25)42(45(52)53)46(54)55/h1-11,13-19,37-42H,12H2,(H,48,49)(H,50,51)(H,52,53)(H,54,55). The van der Waals surface area contributed by atoms with Crippen molar-refractivity contribution < 1.29 is 44.4 Å². The highest BCUT2D eigenvalue weighted by Gasteiger charge is 2.56. The van der Waals surface area contributed by atoms with Crippen LogP contribution in [0.15, 0.2) is 133 Å². The van der Waals surface area contributed by atoms with E-state index < -0.39 is 59.4 Å². The van der Waals surface area contributed by atoms with E-state index in [-0.39, 0.29) is 0 Å². The number of hydrogen-bond donors (Lipinski definition) is 4. The fourth-order valence-corrected chi connectivity index (χ4v) is 15.9. The first-order valence-electron chi connectivity index (χ1n) is 19.0. The van der Waals surface area contributed by atoms with E-state index in [0.717, 1.165) is 79.8 Å².